The summed E-state index contributed by atoms with van der Waals surface area (Å²) in [4.78, 5) is 5.39. The molecule has 3 nitrogen and oxygen atoms in total. The number of hydrogen-bond acceptors (Lipinski definition) is 3. The summed E-state index contributed by atoms with van der Waals surface area (Å²) in [6, 6.07) is 0.964. The smallest absolute Gasteiger partial charge is 0.0113 e. The van der Waals surface area contributed by atoms with Crippen LogP contribution in [0.3, 0.4) is 0 Å². The molecule has 1 N–H and O–H groups in total. The van der Waals surface area contributed by atoms with Crippen molar-refractivity contribution in [1.82, 2.24) is 15.1 Å². The van der Waals surface area contributed by atoms with Gasteiger partial charge in [-0.05, 0) is 31.2 Å². The summed E-state index contributed by atoms with van der Waals surface area (Å²) >= 11 is 0. The summed E-state index contributed by atoms with van der Waals surface area (Å²) in [7, 11) is 0. The lowest BCUT2D eigenvalue weighted by Gasteiger charge is -2.38. The molecule has 0 bridgehead atoms. The van der Waals surface area contributed by atoms with E-state index >= 15 is 0 Å². The lowest BCUT2D eigenvalue weighted by Crippen LogP contribution is -2.50. The van der Waals surface area contributed by atoms with E-state index in [1.54, 1.807) is 0 Å². The Morgan fingerprint density at radius 1 is 1.18 bits per heavy atom. The predicted octanol–water partition coefficient (Wildman–Crippen LogP) is 1.19. The summed E-state index contributed by atoms with van der Waals surface area (Å²) in [6.45, 7) is 11.4. The van der Waals surface area contributed by atoms with Crippen molar-refractivity contribution in [3.8, 4) is 0 Å². The Labute approximate surface area is 111 Å². The number of rotatable bonds is 3. The molecule has 4 heteroatoms. The molecule has 3 rings (SSSR count). The molecule has 3 fully saturated rings. The van der Waals surface area contributed by atoms with Gasteiger partial charge in [0, 0.05) is 45.3 Å². The van der Waals surface area contributed by atoms with Crippen molar-refractivity contribution in [2.24, 2.45) is 5.41 Å². The molecule has 2 aliphatic heterocycles. The molecule has 0 amide bonds. The molecule has 1 saturated carbocycles. The van der Waals surface area contributed by atoms with Crippen LogP contribution in [0.1, 0.15) is 26.2 Å². The van der Waals surface area contributed by atoms with E-state index in [4.69, 9.17) is 0 Å². The molecular formula is C13H26ClN3. The molecule has 0 aromatic carbocycles. The van der Waals surface area contributed by atoms with Crippen LogP contribution in [0, 0.1) is 5.41 Å². The SMILES string of the molecule is CC1(CN2CCN(C3CC3)CC2)CCNC1.Cl. The Morgan fingerprint density at radius 2 is 1.88 bits per heavy atom. The van der Waals surface area contributed by atoms with Gasteiger partial charge >= 0.3 is 0 Å². The first-order valence-corrected chi connectivity index (χ1v) is 6.92. The average molecular weight is 260 g/mol. The Hall–Kier alpha value is 0.170. The van der Waals surface area contributed by atoms with Crippen molar-refractivity contribution < 1.29 is 0 Å². The van der Waals surface area contributed by atoms with Crippen LogP contribution in [0.2, 0.25) is 0 Å². The van der Waals surface area contributed by atoms with E-state index in [-0.39, 0.29) is 12.4 Å². The maximum Gasteiger partial charge on any atom is 0.0113 e. The zero-order valence-corrected chi connectivity index (χ0v) is 11.8. The van der Waals surface area contributed by atoms with Gasteiger partial charge in [0.05, 0.1) is 0 Å². The lowest BCUT2D eigenvalue weighted by atomic mass is 9.89. The first-order chi connectivity index (χ1) is 7.75. The van der Waals surface area contributed by atoms with Crippen LogP contribution in [0.5, 0.6) is 0 Å². The molecular weight excluding hydrogens is 234 g/mol. The molecule has 1 unspecified atom stereocenters. The fourth-order valence-electron chi connectivity index (χ4n) is 3.27. The number of piperazine rings is 1. The first kappa shape index (κ1) is 13.6. The van der Waals surface area contributed by atoms with Crippen LogP contribution in [0.25, 0.3) is 0 Å². The van der Waals surface area contributed by atoms with Crippen molar-refractivity contribution in [3.63, 3.8) is 0 Å². The maximum absolute atomic E-state index is 3.50. The van der Waals surface area contributed by atoms with Crippen molar-refractivity contribution >= 4 is 12.4 Å². The molecule has 2 saturated heterocycles. The summed E-state index contributed by atoms with van der Waals surface area (Å²) in [5, 5.41) is 3.50. The van der Waals surface area contributed by atoms with E-state index in [9.17, 15) is 0 Å². The van der Waals surface area contributed by atoms with Gasteiger partial charge in [0.2, 0.25) is 0 Å². The summed E-state index contributed by atoms with van der Waals surface area (Å²) < 4.78 is 0. The quantitative estimate of drug-likeness (QED) is 0.822. The van der Waals surface area contributed by atoms with E-state index < -0.39 is 0 Å². The van der Waals surface area contributed by atoms with E-state index in [1.165, 1.54) is 65.1 Å². The fraction of sp³-hybridized carbons (Fsp3) is 1.00. The largest absolute Gasteiger partial charge is 0.316 e. The second-order valence-corrected chi connectivity index (χ2v) is 6.28. The highest BCUT2D eigenvalue weighted by Crippen LogP contribution is 2.29. The average Bonchev–Trinajstić information content (AvgIpc) is 3.04. The minimum Gasteiger partial charge on any atom is -0.316 e. The lowest BCUT2D eigenvalue weighted by molar-refractivity contribution is 0.0930. The molecule has 0 aromatic heterocycles. The van der Waals surface area contributed by atoms with Gasteiger partial charge in [-0.25, -0.2) is 0 Å². The van der Waals surface area contributed by atoms with Crippen LogP contribution in [0.4, 0.5) is 0 Å². The minimum absolute atomic E-state index is 0. The zero-order valence-electron chi connectivity index (χ0n) is 11.0. The Morgan fingerprint density at radius 3 is 2.41 bits per heavy atom. The number of nitrogens with zero attached hydrogens (tertiary/aromatic N) is 2. The third kappa shape index (κ3) is 3.34. The van der Waals surface area contributed by atoms with Crippen LogP contribution in [0.15, 0.2) is 0 Å². The second-order valence-electron chi connectivity index (χ2n) is 6.28. The van der Waals surface area contributed by atoms with Crippen LogP contribution in [-0.4, -0.2) is 61.7 Å². The zero-order chi connectivity index (χ0) is 11.0. The van der Waals surface area contributed by atoms with E-state index in [0.29, 0.717) is 5.41 Å². The molecule has 100 valence electrons. The minimum atomic E-state index is 0. The third-order valence-corrected chi connectivity index (χ3v) is 4.53. The molecule has 1 atom stereocenters. The Bertz CT molecular complexity index is 241. The molecule has 17 heavy (non-hydrogen) atoms. The molecule has 2 heterocycles. The Balaban J connectivity index is 0.00000108. The van der Waals surface area contributed by atoms with Gasteiger partial charge < -0.3 is 10.2 Å². The van der Waals surface area contributed by atoms with E-state index in [2.05, 4.69) is 22.0 Å². The topological polar surface area (TPSA) is 18.5 Å². The molecule has 0 aromatic rings. The summed E-state index contributed by atoms with van der Waals surface area (Å²) in [5.74, 6) is 0. The number of nitrogens with one attached hydrogen (secondary N) is 1. The van der Waals surface area contributed by atoms with Gasteiger partial charge in [-0.2, -0.15) is 0 Å². The first-order valence-electron chi connectivity index (χ1n) is 6.92. The predicted molar refractivity (Wildman–Crippen MR) is 73.9 cm³/mol. The van der Waals surface area contributed by atoms with Gasteiger partial charge in [0.25, 0.3) is 0 Å². The summed E-state index contributed by atoms with van der Waals surface area (Å²) in [6.07, 6.45) is 4.28. The fourth-order valence-corrected chi connectivity index (χ4v) is 3.27. The van der Waals surface area contributed by atoms with Crippen molar-refractivity contribution in [2.75, 3.05) is 45.8 Å². The molecule has 1 aliphatic carbocycles. The highest BCUT2D eigenvalue weighted by molar-refractivity contribution is 5.85. The normalized spacial score (nSPS) is 35.8. The Kier molecular flexibility index (Phi) is 4.35. The highest BCUT2D eigenvalue weighted by atomic mass is 35.5. The van der Waals surface area contributed by atoms with E-state index in [1.807, 2.05) is 0 Å². The maximum atomic E-state index is 3.50. The van der Waals surface area contributed by atoms with E-state index in [0.717, 1.165) is 6.04 Å². The van der Waals surface area contributed by atoms with Gasteiger partial charge in [0.1, 0.15) is 0 Å². The van der Waals surface area contributed by atoms with Crippen molar-refractivity contribution in [2.45, 2.75) is 32.2 Å². The van der Waals surface area contributed by atoms with Gasteiger partial charge in [-0.1, -0.05) is 6.92 Å². The van der Waals surface area contributed by atoms with Crippen molar-refractivity contribution in [1.29, 1.82) is 0 Å². The monoisotopic (exact) mass is 259 g/mol. The van der Waals surface area contributed by atoms with Gasteiger partial charge in [-0.15, -0.1) is 12.4 Å². The third-order valence-electron chi connectivity index (χ3n) is 4.53. The second kappa shape index (κ2) is 5.43. The number of halogens is 1. The standard InChI is InChI=1S/C13H25N3.ClH/c1-13(4-5-14-10-13)11-15-6-8-16(9-7-15)12-2-3-12;/h12,14H,2-11H2,1H3;1H. The van der Waals surface area contributed by atoms with Crippen LogP contribution >= 0.6 is 12.4 Å². The molecule has 3 aliphatic rings. The summed E-state index contributed by atoms with van der Waals surface area (Å²) in [5.41, 5.74) is 0.543. The van der Waals surface area contributed by atoms with Gasteiger partial charge in [0.15, 0.2) is 0 Å². The van der Waals surface area contributed by atoms with Crippen LogP contribution in [-0.2, 0) is 0 Å². The number of hydrogen-bond donors (Lipinski definition) is 1. The molecule has 0 radical (unpaired) electrons. The van der Waals surface area contributed by atoms with Crippen molar-refractivity contribution in [3.05, 3.63) is 0 Å². The van der Waals surface area contributed by atoms with Crippen LogP contribution < -0.4 is 5.32 Å². The molecule has 0 spiro atoms. The van der Waals surface area contributed by atoms with Gasteiger partial charge in [-0.3, -0.25) is 4.90 Å². The highest BCUT2D eigenvalue weighted by Gasteiger charge is 2.34.